The van der Waals surface area contributed by atoms with Crippen molar-refractivity contribution in [2.45, 2.75) is 19.3 Å². The smallest absolute Gasteiger partial charge is 0.253 e. The molecular weight excluding hydrogens is 404 g/mol. The Morgan fingerprint density at radius 1 is 1.10 bits per heavy atom. The van der Waals surface area contributed by atoms with Gasteiger partial charge in [0.25, 0.3) is 5.91 Å². The molecule has 2 atom stereocenters. The van der Waals surface area contributed by atoms with Crippen molar-refractivity contribution < 1.29 is 19.1 Å². The Morgan fingerprint density at radius 3 is 2.47 bits per heavy atom. The van der Waals surface area contributed by atoms with Crippen LogP contribution >= 0.6 is 11.6 Å². The normalized spacial score (nSPS) is 18.2. The lowest BCUT2D eigenvalue weighted by Gasteiger charge is -2.21. The molecule has 3 rings (SSSR count). The van der Waals surface area contributed by atoms with Gasteiger partial charge in [0.05, 0.1) is 20.1 Å². The molecule has 2 aromatic carbocycles. The summed E-state index contributed by atoms with van der Waals surface area (Å²) in [5.41, 5.74) is 1.41. The van der Waals surface area contributed by atoms with E-state index in [1.807, 2.05) is 25.1 Å². The van der Waals surface area contributed by atoms with E-state index in [2.05, 4.69) is 5.32 Å². The monoisotopic (exact) mass is 430 g/mol. The first-order chi connectivity index (χ1) is 14.5. The van der Waals surface area contributed by atoms with Crippen molar-refractivity contribution in [1.82, 2.24) is 10.2 Å². The molecule has 2 amide bonds. The van der Waals surface area contributed by atoms with Crippen LogP contribution in [0.3, 0.4) is 0 Å². The van der Waals surface area contributed by atoms with E-state index in [1.54, 1.807) is 43.4 Å². The molecule has 0 radical (unpaired) electrons. The second-order valence-electron chi connectivity index (χ2n) is 7.30. The van der Waals surface area contributed by atoms with E-state index in [1.165, 1.54) is 0 Å². The Labute approximate surface area is 182 Å². The number of amides is 2. The number of likely N-dealkylation sites (tertiary alicyclic amines) is 1. The quantitative estimate of drug-likeness (QED) is 0.726. The van der Waals surface area contributed by atoms with E-state index in [9.17, 15) is 9.59 Å². The van der Waals surface area contributed by atoms with Crippen LogP contribution in [-0.4, -0.2) is 50.6 Å². The highest BCUT2D eigenvalue weighted by atomic mass is 35.5. The van der Waals surface area contributed by atoms with Crippen molar-refractivity contribution in [1.29, 1.82) is 0 Å². The molecule has 2 unspecified atom stereocenters. The molecule has 0 aromatic heterocycles. The highest BCUT2D eigenvalue weighted by molar-refractivity contribution is 6.30. The summed E-state index contributed by atoms with van der Waals surface area (Å²) in [7, 11) is 3.16. The Morgan fingerprint density at radius 2 is 1.83 bits per heavy atom. The van der Waals surface area contributed by atoms with Crippen LogP contribution in [0.5, 0.6) is 11.5 Å². The van der Waals surface area contributed by atoms with Crippen molar-refractivity contribution >= 4 is 23.4 Å². The molecule has 30 heavy (non-hydrogen) atoms. The van der Waals surface area contributed by atoms with Crippen LogP contribution < -0.4 is 14.8 Å². The number of para-hydroxylation sites is 1. The highest BCUT2D eigenvalue weighted by Gasteiger charge is 2.42. The second kappa shape index (κ2) is 9.85. The van der Waals surface area contributed by atoms with Gasteiger partial charge in [0.15, 0.2) is 11.5 Å². The average Bonchev–Trinajstić information content (AvgIpc) is 3.22. The number of nitrogens with one attached hydrogen (secondary N) is 1. The Hall–Kier alpha value is -2.73. The Balaban J connectivity index is 1.94. The molecule has 1 heterocycles. The lowest BCUT2D eigenvalue weighted by Crippen LogP contribution is -2.36. The molecule has 1 fully saturated rings. The Kier molecular flexibility index (Phi) is 7.21. The van der Waals surface area contributed by atoms with Crippen LogP contribution in [0, 0.1) is 5.92 Å². The van der Waals surface area contributed by atoms with Gasteiger partial charge >= 0.3 is 0 Å². The minimum absolute atomic E-state index is 0.0573. The third kappa shape index (κ3) is 4.54. The molecule has 0 bridgehead atoms. The zero-order valence-corrected chi connectivity index (χ0v) is 18.2. The maximum absolute atomic E-state index is 13.1. The number of carbonyl (C=O) groups is 2. The predicted octanol–water partition coefficient (Wildman–Crippen LogP) is 3.74. The number of hydrogen-bond acceptors (Lipinski definition) is 4. The van der Waals surface area contributed by atoms with Gasteiger partial charge in [-0.05, 0) is 36.8 Å². The van der Waals surface area contributed by atoms with Crippen LogP contribution in [0.4, 0.5) is 0 Å². The van der Waals surface area contributed by atoms with Gasteiger partial charge in [-0.1, -0.05) is 30.7 Å². The maximum Gasteiger partial charge on any atom is 0.253 e. The number of carbonyl (C=O) groups excluding carboxylic acids is 2. The number of nitrogens with zero attached hydrogens (tertiary/aromatic N) is 1. The first kappa shape index (κ1) is 22.0. The lowest BCUT2D eigenvalue weighted by molar-refractivity contribution is -0.124. The van der Waals surface area contributed by atoms with Crippen LogP contribution in [0.25, 0.3) is 0 Å². The molecule has 1 aliphatic rings. The SMILES string of the molecule is CCCNC(=O)C1CN(C(=O)c2ccc(Cl)cc2)CC1c1cccc(OC)c1OC. The number of rotatable bonds is 7. The first-order valence-corrected chi connectivity index (χ1v) is 10.4. The largest absolute Gasteiger partial charge is 0.493 e. The van der Waals surface area contributed by atoms with Gasteiger partial charge in [-0.3, -0.25) is 9.59 Å². The molecule has 1 aliphatic heterocycles. The summed E-state index contributed by atoms with van der Waals surface area (Å²) in [5, 5.41) is 3.55. The summed E-state index contributed by atoms with van der Waals surface area (Å²) >= 11 is 5.95. The molecule has 0 aliphatic carbocycles. The molecule has 160 valence electrons. The Bertz CT molecular complexity index is 901. The number of methoxy groups -OCH3 is 2. The fraction of sp³-hybridized carbons (Fsp3) is 0.391. The third-order valence-electron chi connectivity index (χ3n) is 5.42. The summed E-state index contributed by atoms with van der Waals surface area (Å²) in [4.78, 5) is 27.8. The van der Waals surface area contributed by atoms with Crippen molar-refractivity contribution in [3.63, 3.8) is 0 Å². The van der Waals surface area contributed by atoms with Gasteiger partial charge in [0.2, 0.25) is 5.91 Å². The zero-order valence-electron chi connectivity index (χ0n) is 17.5. The predicted molar refractivity (Wildman–Crippen MR) is 116 cm³/mol. The van der Waals surface area contributed by atoms with E-state index in [-0.39, 0.29) is 23.7 Å². The fourth-order valence-electron chi connectivity index (χ4n) is 3.91. The standard InChI is InChI=1S/C23H27ClN2O4/c1-4-12-25-22(27)19-14-26(23(28)15-8-10-16(24)11-9-15)13-18(19)17-6-5-7-20(29-2)21(17)30-3/h5-11,18-19H,4,12-14H2,1-3H3,(H,25,27). The topological polar surface area (TPSA) is 67.9 Å². The molecule has 1 saturated heterocycles. The minimum atomic E-state index is -0.381. The van der Waals surface area contributed by atoms with E-state index in [4.69, 9.17) is 21.1 Å². The van der Waals surface area contributed by atoms with Gasteiger partial charge in [-0.2, -0.15) is 0 Å². The number of benzene rings is 2. The number of ether oxygens (including phenoxy) is 2. The fourth-order valence-corrected chi connectivity index (χ4v) is 4.03. The van der Waals surface area contributed by atoms with Crippen molar-refractivity contribution in [2.24, 2.45) is 5.92 Å². The van der Waals surface area contributed by atoms with Crippen molar-refractivity contribution in [2.75, 3.05) is 33.9 Å². The van der Waals surface area contributed by atoms with Gasteiger partial charge < -0.3 is 19.7 Å². The lowest BCUT2D eigenvalue weighted by atomic mass is 9.87. The molecule has 7 heteroatoms. The van der Waals surface area contributed by atoms with E-state index in [0.29, 0.717) is 41.7 Å². The van der Waals surface area contributed by atoms with Crippen molar-refractivity contribution in [3.8, 4) is 11.5 Å². The first-order valence-electron chi connectivity index (χ1n) is 10.0. The zero-order chi connectivity index (χ0) is 21.7. The van der Waals surface area contributed by atoms with Crippen LogP contribution in [-0.2, 0) is 4.79 Å². The van der Waals surface area contributed by atoms with Gasteiger partial charge in [0.1, 0.15) is 0 Å². The van der Waals surface area contributed by atoms with Crippen LogP contribution in [0.1, 0.15) is 35.2 Å². The second-order valence-corrected chi connectivity index (χ2v) is 7.74. The molecule has 0 spiro atoms. The van der Waals surface area contributed by atoms with E-state index in [0.717, 1.165) is 12.0 Å². The number of hydrogen-bond donors (Lipinski definition) is 1. The summed E-state index contributed by atoms with van der Waals surface area (Å²) < 4.78 is 11.0. The van der Waals surface area contributed by atoms with Gasteiger partial charge in [-0.25, -0.2) is 0 Å². The van der Waals surface area contributed by atoms with E-state index < -0.39 is 0 Å². The molecule has 1 N–H and O–H groups in total. The molecule has 6 nitrogen and oxygen atoms in total. The maximum atomic E-state index is 13.1. The summed E-state index contributed by atoms with van der Waals surface area (Å²) in [5.74, 6) is 0.434. The molecule has 2 aromatic rings. The minimum Gasteiger partial charge on any atom is -0.493 e. The van der Waals surface area contributed by atoms with Gasteiger partial charge in [0, 0.05) is 41.7 Å². The van der Waals surface area contributed by atoms with E-state index >= 15 is 0 Å². The van der Waals surface area contributed by atoms with Gasteiger partial charge in [-0.15, -0.1) is 0 Å². The third-order valence-corrected chi connectivity index (χ3v) is 5.67. The van der Waals surface area contributed by atoms with Crippen LogP contribution in [0.15, 0.2) is 42.5 Å². The van der Waals surface area contributed by atoms with Crippen molar-refractivity contribution in [3.05, 3.63) is 58.6 Å². The van der Waals surface area contributed by atoms with Crippen LogP contribution in [0.2, 0.25) is 5.02 Å². The molecule has 0 saturated carbocycles. The number of halogens is 1. The summed E-state index contributed by atoms with van der Waals surface area (Å²) in [6.45, 7) is 3.35. The average molecular weight is 431 g/mol. The summed E-state index contributed by atoms with van der Waals surface area (Å²) in [6, 6.07) is 12.4. The summed E-state index contributed by atoms with van der Waals surface area (Å²) in [6.07, 6.45) is 0.846. The highest BCUT2D eigenvalue weighted by Crippen LogP contribution is 2.42. The molecular formula is C23H27ClN2O4.